The number of rotatable bonds is 3. The van der Waals surface area contributed by atoms with Crippen LogP contribution >= 0.6 is 15.9 Å². The third kappa shape index (κ3) is 3.57. The van der Waals surface area contributed by atoms with E-state index in [1.165, 1.54) is 6.07 Å². The highest BCUT2D eigenvalue weighted by molar-refractivity contribution is 9.10. The third-order valence-corrected chi connectivity index (χ3v) is 1.98. The summed E-state index contributed by atoms with van der Waals surface area (Å²) in [5, 5.41) is 0. The van der Waals surface area contributed by atoms with E-state index in [0.717, 1.165) is 12.1 Å². The van der Waals surface area contributed by atoms with Crippen LogP contribution < -0.4 is 4.74 Å². The van der Waals surface area contributed by atoms with Gasteiger partial charge < -0.3 is 17.7 Å². The summed E-state index contributed by atoms with van der Waals surface area (Å²) in [6.45, 7) is -6.39. The van der Waals surface area contributed by atoms with Crippen molar-refractivity contribution in [2.75, 3.05) is 6.51 Å². The molecule has 0 bridgehead atoms. The summed E-state index contributed by atoms with van der Waals surface area (Å²) in [6.07, 6.45) is 0. The number of hydrogen-bond donors (Lipinski definition) is 0. The topological polar surface area (TPSA) is 9.23 Å². The number of hydrogen-bond acceptors (Lipinski definition) is 1. The first-order valence-corrected chi connectivity index (χ1v) is 4.46. The Morgan fingerprint density at radius 1 is 1.29 bits per heavy atom. The largest absolute Gasteiger partial charge is 0.520 e. The normalized spacial score (nSPS) is 11.5. The minimum Gasteiger partial charge on any atom is -0.520 e. The van der Waals surface area contributed by atoms with E-state index in [4.69, 9.17) is 0 Å². The van der Waals surface area contributed by atoms with Gasteiger partial charge in [0.25, 0.3) is 0 Å². The molecule has 0 aliphatic rings. The quantitative estimate of drug-likeness (QED) is 0.605. The van der Waals surface area contributed by atoms with Crippen molar-refractivity contribution in [1.29, 1.82) is 0 Å². The van der Waals surface area contributed by atoms with Crippen LogP contribution in [0.25, 0.3) is 0 Å². The fraction of sp³-hybridized carbons (Fsp3) is 0.143. The lowest BCUT2D eigenvalue weighted by Crippen LogP contribution is -2.26. The molecule has 0 aliphatic heterocycles. The predicted molar refractivity (Wildman–Crippen MR) is 48.7 cm³/mol. The first kappa shape index (κ1) is 11.4. The highest BCUT2D eigenvalue weighted by atomic mass is 79.9. The summed E-state index contributed by atoms with van der Waals surface area (Å²) in [5.41, 5.74) is 0. The van der Waals surface area contributed by atoms with Crippen LogP contribution in [0.3, 0.4) is 0 Å². The maximum Gasteiger partial charge on any atom is 0.515 e. The van der Waals surface area contributed by atoms with Crippen LogP contribution in [0, 0.1) is 5.82 Å². The zero-order valence-electron chi connectivity index (χ0n) is 6.81. The Balaban J connectivity index is 2.72. The smallest absolute Gasteiger partial charge is 0.515 e. The Labute approximate surface area is 86.2 Å². The molecule has 0 N–H and O–H groups in total. The minimum atomic E-state index is -5.02. The number of benzene rings is 1. The van der Waals surface area contributed by atoms with Crippen molar-refractivity contribution in [1.82, 2.24) is 0 Å². The average Bonchev–Trinajstić information content (AvgIpc) is 2.05. The molecule has 0 unspecified atom stereocenters. The van der Waals surface area contributed by atoms with Gasteiger partial charge in [-0.1, -0.05) is 0 Å². The fourth-order valence-corrected chi connectivity index (χ4v) is 1.13. The van der Waals surface area contributed by atoms with Crippen molar-refractivity contribution in [2.45, 2.75) is 0 Å². The molecule has 0 saturated carbocycles. The molecule has 0 aromatic heterocycles. The highest BCUT2D eigenvalue weighted by Gasteiger charge is 2.24. The fourth-order valence-electron chi connectivity index (χ4n) is 0.772. The lowest BCUT2D eigenvalue weighted by Gasteiger charge is -2.15. The van der Waals surface area contributed by atoms with Gasteiger partial charge in [-0.2, -0.15) is 0 Å². The molecule has 1 rings (SSSR count). The third-order valence-electron chi connectivity index (χ3n) is 1.32. The molecule has 0 radical (unpaired) electrons. The summed E-state index contributed by atoms with van der Waals surface area (Å²) in [6, 6.07) is 3.30. The molecule has 1 aromatic carbocycles. The number of halogens is 5. The predicted octanol–water partition coefficient (Wildman–Crippen LogP) is 3.35. The zero-order chi connectivity index (χ0) is 10.8. The lowest BCUT2D eigenvalue weighted by molar-refractivity contribution is 0.310. The zero-order valence-corrected chi connectivity index (χ0v) is 8.40. The molecular weight excluding hydrogens is 267 g/mol. The van der Waals surface area contributed by atoms with Gasteiger partial charge in [0, 0.05) is 6.07 Å². The van der Waals surface area contributed by atoms with E-state index in [1.54, 1.807) is 0 Å². The summed E-state index contributed by atoms with van der Waals surface area (Å²) in [4.78, 5) is 0. The van der Waals surface area contributed by atoms with Gasteiger partial charge in [0.05, 0.1) is 11.0 Å². The van der Waals surface area contributed by atoms with E-state index < -0.39 is 19.3 Å². The Bertz CT molecular complexity index is 328. The molecule has 1 nitrogen and oxygen atoms in total. The van der Waals surface area contributed by atoms with E-state index in [9.17, 15) is 17.3 Å². The molecule has 0 amide bonds. The van der Waals surface area contributed by atoms with E-state index in [0.29, 0.717) is 4.47 Å². The maximum atomic E-state index is 12.6. The van der Waals surface area contributed by atoms with Crippen LogP contribution in [0.15, 0.2) is 22.7 Å². The van der Waals surface area contributed by atoms with Crippen molar-refractivity contribution in [3.8, 4) is 5.75 Å². The van der Waals surface area contributed by atoms with Crippen LogP contribution in [0.1, 0.15) is 0 Å². The van der Waals surface area contributed by atoms with Crippen LogP contribution in [0.4, 0.5) is 17.3 Å². The maximum absolute atomic E-state index is 12.6. The first-order valence-electron chi connectivity index (χ1n) is 3.67. The summed E-state index contributed by atoms with van der Waals surface area (Å²) < 4.78 is 52.7. The molecule has 0 saturated heterocycles. The molecule has 0 fully saturated rings. The Morgan fingerprint density at radius 2 is 1.93 bits per heavy atom. The van der Waals surface area contributed by atoms with Gasteiger partial charge in [-0.15, -0.1) is 0 Å². The van der Waals surface area contributed by atoms with Crippen molar-refractivity contribution in [3.05, 3.63) is 28.5 Å². The molecule has 7 heteroatoms. The van der Waals surface area contributed by atoms with Crippen LogP contribution in [0.5, 0.6) is 5.75 Å². The molecule has 0 aliphatic carbocycles. The van der Waals surface area contributed by atoms with Crippen molar-refractivity contribution < 1.29 is 22.1 Å². The van der Waals surface area contributed by atoms with Crippen LogP contribution in [0.2, 0.25) is 0 Å². The van der Waals surface area contributed by atoms with Crippen molar-refractivity contribution in [3.63, 3.8) is 0 Å². The number of ether oxygens (including phenoxy) is 1. The standard InChI is InChI=1S/C7H5BBrF4O/c9-6-2-1-5(10)3-7(6)14-4-8(11,12)13/h1-3H,4H2/q-1. The SMILES string of the molecule is Fc1ccc(Br)c(OC[B-](F)(F)F)c1. The Hall–Kier alpha value is -0.715. The van der Waals surface area contributed by atoms with Gasteiger partial charge in [0.15, 0.2) is 0 Å². The molecule has 1 aromatic rings. The first-order chi connectivity index (χ1) is 6.38. The van der Waals surface area contributed by atoms with Crippen molar-refractivity contribution in [2.24, 2.45) is 0 Å². The van der Waals surface area contributed by atoms with Crippen molar-refractivity contribution >= 4 is 22.9 Å². The second-order valence-corrected chi connectivity index (χ2v) is 3.45. The highest BCUT2D eigenvalue weighted by Crippen LogP contribution is 2.26. The van der Waals surface area contributed by atoms with E-state index in [1.807, 2.05) is 0 Å². The summed E-state index contributed by atoms with van der Waals surface area (Å²) in [5.74, 6) is -0.790. The lowest BCUT2D eigenvalue weighted by atomic mass is 9.95. The van der Waals surface area contributed by atoms with Crippen LogP contribution in [-0.4, -0.2) is 13.5 Å². The second kappa shape index (κ2) is 4.21. The van der Waals surface area contributed by atoms with Gasteiger partial charge in [-0.25, -0.2) is 4.39 Å². The van der Waals surface area contributed by atoms with Gasteiger partial charge in [0.1, 0.15) is 11.6 Å². The van der Waals surface area contributed by atoms with Gasteiger partial charge in [-0.05, 0) is 28.1 Å². The molecular formula is C7H5BBrF4O-. The van der Waals surface area contributed by atoms with Crippen LogP contribution in [-0.2, 0) is 0 Å². The van der Waals surface area contributed by atoms with Gasteiger partial charge in [0.2, 0.25) is 0 Å². The summed E-state index contributed by atoms with van der Waals surface area (Å²) >= 11 is 2.95. The molecule has 0 atom stereocenters. The van der Waals surface area contributed by atoms with Gasteiger partial charge >= 0.3 is 6.98 Å². The summed E-state index contributed by atoms with van der Waals surface area (Å²) in [7, 11) is 0. The van der Waals surface area contributed by atoms with Gasteiger partial charge in [-0.3, -0.25) is 0 Å². The molecule has 14 heavy (non-hydrogen) atoms. The average molecular weight is 272 g/mol. The Kier molecular flexibility index (Phi) is 3.41. The molecule has 0 spiro atoms. The van der Waals surface area contributed by atoms with E-state index in [2.05, 4.69) is 20.7 Å². The second-order valence-electron chi connectivity index (χ2n) is 2.60. The Morgan fingerprint density at radius 3 is 2.50 bits per heavy atom. The minimum absolute atomic E-state index is 0.149. The van der Waals surface area contributed by atoms with E-state index >= 15 is 0 Å². The molecule has 78 valence electrons. The monoisotopic (exact) mass is 271 g/mol. The van der Waals surface area contributed by atoms with E-state index in [-0.39, 0.29) is 5.75 Å². The molecule has 0 heterocycles.